The van der Waals surface area contributed by atoms with E-state index in [-0.39, 0.29) is 5.97 Å². The zero-order chi connectivity index (χ0) is 14.4. The average molecular weight is 274 g/mol. The van der Waals surface area contributed by atoms with E-state index in [4.69, 9.17) is 4.74 Å². The van der Waals surface area contributed by atoms with Crippen molar-refractivity contribution in [3.63, 3.8) is 0 Å². The van der Waals surface area contributed by atoms with Crippen molar-refractivity contribution in [1.82, 2.24) is 0 Å². The Balaban J connectivity index is 2.23. The van der Waals surface area contributed by atoms with Gasteiger partial charge in [-0.05, 0) is 39.9 Å². The maximum Gasteiger partial charge on any atom is 0.338 e. The van der Waals surface area contributed by atoms with Crippen LogP contribution in [-0.2, 0) is 4.74 Å². The van der Waals surface area contributed by atoms with Gasteiger partial charge >= 0.3 is 5.97 Å². The molecule has 0 N–H and O–H groups in total. The summed E-state index contributed by atoms with van der Waals surface area (Å²) in [6.45, 7) is 2.22. The highest BCUT2D eigenvalue weighted by atomic mass is 16.5. The van der Waals surface area contributed by atoms with Gasteiger partial charge in [0.2, 0.25) is 0 Å². The van der Waals surface area contributed by atoms with Crippen LogP contribution in [0.3, 0.4) is 0 Å². The van der Waals surface area contributed by atoms with E-state index in [0.717, 1.165) is 21.5 Å². The minimum Gasteiger partial charge on any atom is -0.462 e. The van der Waals surface area contributed by atoms with Crippen LogP contribution in [0.2, 0.25) is 0 Å². The Morgan fingerprint density at radius 1 is 0.857 bits per heavy atom. The summed E-state index contributed by atoms with van der Waals surface area (Å²) in [4.78, 5) is 12.3. The molecule has 5 rings (SSSR count). The fourth-order valence-electron chi connectivity index (χ4n) is 3.19. The van der Waals surface area contributed by atoms with Crippen molar-refractivity contribution in [2.75, 3.05) is 6.61 Å². The summed E-state index contributed by atoms with van der Waals surface area (Å²) >= 11 is 0. The Morgan fingerprint density at radius 2 is 1.38 bits per heavy atom. The van der Waals surface area contributed by atoms with Crippen molar-refractivity contribution >= 4 is 38.3 Å². The van der Waals surface area contributed by atoms with E-state index in [0.29, 0.717) is 12.2 Å². The summed E-state index contributed by atoms with van der Waals surface area (Å²) < 4.78 is 5.22. The van der Waals surface area contributed by atoms with Gasteiger partial charge < -0.3 is 4.74 Å². The molecule has 5 aromatic rings. The number of carbonyl (C=O) groups is 1. The third-order valence-electron chi connectivity index (χ3n) is 4.03. The first-order chi connectivity index (χ1) is 10.3. The Kier molecular flexibility index (Phi) is 2.58. The van der Waals surface area contributed by atoms with Crippen molar-refractivity contribution in [3.05, 3.63) is 60.2 Å². The van der Waals surface area contributed by atoms with Gasteiger partial charge in [0, 0.05) is 5.39 Å². The summed E-state index contributed by atoms with van der Waals surface area (Å²) in [6, 6.07) is 18.4. The van der Waals surface area contributed by atoms with Gasteiger partial charge in [0.25, 0.3) is 0 Å². The van der Waals surface area contributed by atoms with Gasteiger partial charge in [-0.1, -0.05) is 48.5 Å². The molecule has 0 amide bonds. The zero-order valence-electron chi connectivity index (χ0n) is 11.7. The molecule has 0 atom stereocenters. The number of hydrogen-bond donors (Lipinski definition) is 0. The van der Waals surface area contributed by atoms with Crippen molar-refractivity contribution in [2.45, 2.75) is 6.92 Å². The molecule has 0 aromatic heterocycles. The van der Waals surface area contributed by atoms with Crippen molar-refractivity contribution in [1.29, 1.82) is 0 Å². The van der Waals surface area contributed by atoms with E-state index in [1.54, 1.807) is 0 Å². The Hall–Kier alpha value is -2.61. The fraction of sp³-hybridized carbons (Fsp3) is 0.105. The minimum atomic E-state index is -0.242. The van der Waals surface area contributed by atoms with E-state index >= 15 is 0 Å². The highest BCUT2D eigenvalue weighted by molar-refractivity contribution is 6.31. The van der Waals surface area contributed by atoms with E-state index in [1.807, 2.05) is 37.3 Å². The number of ether oxygens (including phenoxy) is 1. The number of carbonyl (C=O) groups excluding carboxylic acids is 1. The topological polar surface area (TPSA) is 26.3 Å². The molecular weight excluding hydrogens is 260 g/mol. The number of benzene rings is 5. The average Bonchev–Trinajstić information content (AvgIpc) is 2.55. The summed E-state index contributed by atoms with van der Waals surface area (Å²) in [5.41, 5.74) is 0.671. The van der Waals surface area contributed by atoms with Crippen molar-refractivity contribution in [2.24, 2.45) is 0 Å². The van der Waals surface area contributed by atoms with Gasteiger partial charge in [-0.3, -0.25) is 0 Å². The first-order valence-electron chi connectivity index (χ1n) is 7.14. The van der Waals surface area contributed by atoms with E-state index < -0.39 is 0 Å². The molecule has 0 saturated heterocycles. The van der Waals surface area contributed by atoms with Gasteiger partial charge in [-0.2, -0.15) is 0 Å². The summed E-state index contributed by atoms with van der Waals surface area (Å²) in [5.74, 6) is -0.242. The molecule has 0 saturated carbocycles. The standard InChI is InChI=1S/C19H14O2/c1-2-21-19(20)17-11-16-12-7-3-5-9-14(12)18(17)15-10-6-4-8-13(15)16/h3-11H,2H2,1H3. The Bertz CT molecular complexity index is 909. The number of rotatable bonds is 2. The summed E-state index contributed by atoms with van der Waals surface area (Å²) in [6.07, 6.45) is 0. The molecule has 2 nitrogen and oxygen atoms in total. The highest BCUT2D eigenvalue weighted by Gasteiger charge is 2.19. The first kappa shape index (κ1) is 12.2. The third kappa shape index (κ3) is 1.62. The molecule has 0 aliphatic rings. The van der Waals surface area contributed by atoms with Crippen LogP contribution in [0.4, 0.5) is 0 Å². The lowest BCUT2D eigenvalue weighted by Gasteiger charge is -2.16. The van der Waals surface area contributed by atoms with Crippen LogP contribution in [0, 0.1) is 0 Å². The molecule has 0 radical (unpaired) electrons. The van der Waals surface area contributed by atoms with Crippen LogP contribution < -0.4 is 0 Å². The summed E-state index contributed by atoms with van der Waals surface area (Å²) in [7, 11) is 0. The van der Waals surface area contributed by atoms with E-state index in [2.05, 4.69) is 24.3 Å². The molecule has 2 bridgehead atoms. The van der Waals surface area contributed by atoms with E-state index in [9.17, 15) is 4.79 Å². The second-order valence-electron chi connectivity index (χ2n) is 5.16. The maximum atomic E-state index is 12.3. The molecule has 0 aliphatic heterocycles. The molecule has 102 valence electrons. The lowest BCUT2D eigenvalue weighted by molar-refractivity contribution is 0.0529. The number of hydrogen-bond acceptors (Lipinski definition) is 2. The van der Waals surface area contributed by atoms with Crippen LogP contribution in [0.5, 0.6) is 0 Å². The molecule has 0 fully saturated rings. The minimum absolute atomic E-state index is 0.242. The normalized spacial score (nSPS) is 11.5. The van der Waals surface area contributed by atoms with Crippen LogP contribution in [-0.4, -0.2) is 12.6 Å². The zero-order valence-corrected chi connectivity index (χ0v) is 11.7. The maximum absolute atomic E-state index is 12.3. The predicted octanol–water partition coefficient (Wildman–Crippen LogP) is 4.76. The number of esters is 1. The second kappa shape index (κ2) is 4.45. The van der Waals surface area contributed by atoms with Gasteiger partial charge in [0.05, 0.1) is 12.2 Å². The quantitative estimate of drug-likeness (QED) is 0.389. The Morgan fingerprint density at radius 3 is 1.90 bits per heavy atom. The van der Waals surface area contributed by atoms with Crippen LogP contribution >= 0.6 is 0 Å². The Labute approximate surface area is 122 Å². The SMILES string of the molecule is CCOC(=O)c1cc2c3ccccc3c1c1ccccc21. The lowest BCUT2D eigenvalue weighted by atomic mass is 9.88. The van der Waals surface area contributed by atoms with Crippen molar-refractivity contribution < 1.29 is 9.53 Å². The lowest BCUT2D eigenvalue weighted by Crippen LogP contribution is -2.06. The summed E-state index contributed by atoms with van der Waals surface area (Å²) in [5, 5.41) is 6.74. The van der Waals surface area contributed by atoms with Gasteiger partial charge in [-0.25, -0.2) is 4.79 Å². The molecule has 0 spiro atoms. The first-order valence-corrected chi connectivity index (χ1v) is 7.14. The van der Waals surface area contributed by atoms with Crippen LogP contribution in [0.1, 0.15) is 17.3 Å². The predicted molar refractivity (Wildman–Crippen MR) is 86.1 cm³/mol. The highest BCUT2D eigenvalue weighted by Crippen LogP contribution is 2.39. The molecule has 2 heteroatoms. The third-order valence-corrected chi connectivity index (χ3v) is 4.03. The van der Waals surface area contributed by atoms with E-state index in [1.165, 1.54) is 10.8 Å². The van der Waals surface area contributed by atoms with Gasteiger partial charge in [0.15, 0.2) is 0 Å². The molecule has 21 heavy (non-hydrogen) atoms. The largest absolute Gasteiger partial charge is 0.462 e. The molecule has 0 heterocycles. The smallest absolute Gasteiger partial charge is 0.338 e. The second-order valence-corrected chi connectivity index (χ2v) is 5.16. The number of fused-ring (bicyclic) bond motifs is 1. The molecule has 0 aliphatic carbocycles. The molecular formula is C19H14O2. The molecule has 5 aromatic carbocycles. The van der Waals surface area contributed by atoms with Gasteiger partial charge in [0.1, 0.15) is 0 Å². The monoisotopic (exact) mass is 274 g/mol. The van der Waals surface area contributed by atoms with Crippen molar-refractivity contribution in [3.8, 4) is 0 Å². The fourth-order valence-corrected chi connectivity index (χ4v) is 3.19. The van der Waals surface area contributed by atoms with Gasteiger partial charge in [-0.15, -0.1) is 0 Å². The van der Waals surface area contributed by atoms with Crippen LogP contribution in [0.25, 0.3) is 32.3 Å². The van der Waals surface area contributed by atoms with Crippen LogP contribution in [0.15, 0.2) is 54.6 Å². The molecule has 0 unspecified atom stereocenters.